The Morgan fingerprint density at radius 2 is 2.15 bits per heavy atom. The molecule has 0 aliphatic carbocycles. The third kappa shape index (κ3) is 2.11. The molecule has 0 aromatic heterocycles. The number of phenols is 1. The number of hydrogen-bond acceptors (Lipinski definition) is 4. The fourth-order valence-electron chi connectivity index (χ4n) is 1.13. The van der Waals surface area contributed by atoms with Crippen LogP contribution in [0.2, 0.25) is 0 Å². The smallest absolute Gasteiger partial charge is 0.123 e. The molecule has 0 aliphatic rings. The highest BCUT2D eigenvalue weighted by Crippen LogP contribution is 2.26. The Kier molecular flexibility index (Phi) is 3.11. The van der Waals surface area contributed by atoms with Crippen LogP contribution < -0.4 is 10.2 Å². The van der Waals surface area contributed by atoms with Gasteiger partial charge in [0.15, 0.2) is 0 Å². The highest BCUT2D eigenvalue weighted by Gasteiger charge is 2.06. The predicted molar refractivity (Wildman–Crippen MR) is 48.0 cm³/mol. The van der Waals surface area contributed by atoms with E-state index in [0.29, 0.717) is 11.3 Å². The van der Waals surface area contributed by atoms with Crippen LogP contribution in [0.4, 0.5) is 0 Å². The quantitative estimate of drug-likeness (QED) is 0.616. The number of methoxy groups -OCH3 is 1. The van der Waals surface area contributed by atoms with Crippen molar-refractivity contribution in [2.24, 2.45) is 0 Å². The number of rotatable bonds is 3. The van der Waals surface area contributed by atoms with E-state index in [0.717, 1.165) is 5.56 Å². The van der Waals surface area contributed by atoms with Crippen LogP contribution in [-0.4, -0.2) is 17.4 Å². The van der Waals surface area contributed by atoms with Crippen LogP contribution in [0, 0.1) is 6.92 Å². The molecule has 0 atom stereocenters. The van der Waals surface area contributed by atoms with Gasteiger partial charge in [-0.15, -0.1) is 0 Å². The number of benzene rings is 1. The molecule has 0 saturated heterocycles. The maximum absolute atomic E-state index is 9.38. The number of ether oxygens (including phenoxy) is 1. The normalized spacial score (nSPS) is 10.1. The first-order chi connectivity index (χ1) is 6.19. The Balaban J connectivity index is 3.09. The lowest BCUT2D eigenvalue weighted by atomic mass is 10.1. The third-order valence-corrected chi connectivity index (χ3v) is 1.87. The molecule has 4 heteroatoms. The van der Waals surface area contributed by atoms with Gasteiger partial charge in [-0.25, -0.2) is 5.48 Å². The van der Waals surface area contributed by atoms with E-state index in [-0.39, 0.29) is 12.3 Å². The van der Waals surface area contributed by atoms with Gasteiger partial charge in [-0.2, -0.15) is 0 Å². The average molecular weight is 183 g/mol. The lowest BCUT2D eigenvalue weighted by Crippen LogP contribution is -2.07. The summed E-state index contributed by atoms with van der Waals surface area (Å²) < 4.78 is 5.07. The minimum absolute atomic E-state index is 0.200. The van der Waals surface area contributed by atoms with E-state index in [1.165, 1.54) is 0 Å². The number of nitrogens with one attached hydrogen (secondary N) is 1. The Morgan fingerprint density at radius 3 is 2.69 bits per heavy atom. The molecule has 1 aromatic rings. The number of phenolic OH excluding ortho intramolecular Hbond substituents is 1. The van der Waals surface area contributed by atoms with E-state index < -0.39 is 0 Å². The molecule has 0 bridgehead atoms. The van der Waals surface area contributed by atoms with Gasteiger partial charge in [0, 0.05) is 12.1 Å². The first kappa shape index (κ1) is 9.83. The van der Waals surface area contributed by atoms with Crippen LogP contribution in [0.15, 0.2) is 12.1 Å². The van der Waals surface area contributed by atoms with E-state index >= 15 is 0 Å². The minimum Gasteiger partial charge on any atom is -0.508 e. The maximum Gasteiger partial charge on any atom is 0.123 e. The molecule has 0 spiro atoms. The summed E-state index contributed by atoms with van der Waals surface area (Å²) in [5, 5.41) is 17.9. The Labute approximate surface area is 76.7 Å². The number of hydrogen-bond donors (Lipinski definition) is 3. The Bertz CT molecular complexity index is 299. The van der Waals surface area contributed by atoms with Crippen molar-refractivity contribution in [2.45, 2.75) is 13.5 Å². The summed E-state index contributed by atoms with van der Waals surface area (Å²) in [6.45, 7) is 2.03. The van der Waals surface area contributed by atoms with E-state index in [2.05, 4.69) is 0 Å². The van der Waals surface area contributed by atoms with E-state index in [4.69, 9.17) is 9.94 Å². The standard InChI is InChI=1S/C9H13NO3/c1-6-3-9(13-2)7(5-10-12)4-8(6)11/h3-4,10-12H,5H2,1-2H3. The summed E-state index contributed by atoms with van der Waals surface area (Å²) in [5.41, 5.74) is 3.48. The predicted octanol–water partition coefficient (Wildman–Crippen LogP) is 1.19. The molecule has 4 nitrogen and oxygen atoms in total. The van der Waals surface area contributed by atoms with Crippen molar-refractivity contribution in [1.82, 2.24) is 5.48 Å². The molecule has 0 unspecified atom stereocenters. The SMILES string of the molecule is COc1cc(C)c(O)cc1CNO. The van der Waals surface area contributed by atoms with Gasteiger partial charge in [-0.3, -0.25) is 0 Å². The Morgan fingerprint density at radius 1 is 1.46 bits per heavy atom. The third-order valence-electron chi connectivity index (χ3n) is 1.87. The van der Waals surface area contributed by atoms with Gasteiger partial charge in [0.05, 0.1) is 7.11 Å². The highest BCUT2D eigenvalue weighted by atomic mass is 16.5. The summed E-state index contributed by atoms with van der Waals surface area (Å²) in [7, 11) is 1.55. The number of aromatic hydroxyl groups is 1. The van der Waals surface area contributed by atoms with Gasteiger partial charge in [0.25, 0.3) is 0 Å². The zero-order chi connectivity index (χ0) is 9.84. The lowest BCUT2D eigenvalue weighted by molar-refractivity contribution is 0.160. The largest absolute Gasteiger partial charge is 0.508 e. The van der Waals surface area contributed by atoms with Crippen LogP contribution >= 0.6 is 0 Å². The second-order valence-corrected chi connectivity index (χ2v) is 2.79. The van der Waals surface area contributed by atoms with Crippen molar-refractivity contribution in [3.05, 3.63) is 23.3 Å². The highest BCUT2D eigenvalue weighted by molar-refractivity contribution is 5.45. The van der Waals surface area contributed by atoms with Gasteiger partial charge in [-0.05, 0) is 24.6 Å². The van der Waals surface area contributed by atoms with Gasteiger partial charge in [0.1, 0.15) is 11.5 Å². The second kappa shape index (κ2) is 4.11. The monoisotopic (exact) mass is 183 g/mol. The summed E-state index contributed by atoms with van der Waals surface area (Å²) in [6.07, 6.45) is 0. The zero-order valence-corrected chi connectivity index (χ0v) is 7.66. The van der Waals surface area contributed by atoms with Gasteiger partial charge in [-0.1, -0.05) is 0 Å². The molecule has 0 radical (unpaired) electrons. The van der Waals surface area contributed by atoms with Crippen molar-refractivity contribution in [3.63, 3.8) is 0 Å². The van der Waals surface area contributed by atoms with Crippen LogP contribution in [-0.2, 0) is 6.54 Å². The van der Waals surface area contributed by atoms with Gasteiger partial charge in [0.2, 0.25) is 0 Å². The number of hydroxylamine groups is 1. The molecular formula is C9H13NO3. The molecule has 72 valence electrons. The molecule has 0 heterocycles. The van der Waals surface area contributed by atoms with Gasteiger partial charge >= 0.3 is 0 Å². The molecule has 1 aromatic carbocycles. The topological polar surface area (TPSA) is 61.7 Å². The first-order valence-electron chi connectivity index (χ1n) is 3.92. The minimum atomic E-state index is 0.200. The molecule has 0 saturated carbocycles. The van der Waals surface area contributed by atoms with Crippen LogP contribution in [0.5, 0.6) is 11.5 Å². The molecule has 0 aliphatic heterocycles. The maximum atomic E-state index is 9.38. The van der Waals surface area contributed by atoms with Gasteiger partial charge < -0.3 is 15.1 Å². The van der Waals surface area contributed by atoms with Crippen molar-refractivity contribution in [3.8, 4) is 11.5 Å². The number of aryl methyl sites for hydroxylation is 1. The van der Waals surface area contributed by atoms with Crippen molar-refractivity contribution in [1.29, 1.82) is 0 Å². The molecule has 1 rings (SSSR count). The van der Waals surface area contributed by atoms with Crippen LogP contribution in [0.25, 0.3) is 0 Å². The first-order valence-corrected chi connectivity index (χ1v) is 3.92. The fourth-order valence-corrected chi connectivity index (χ4v) is 1.13. The molecule has 0 amide bonds. The van der Waals surface area contributed by atoms with E-state index in [1.807, 2.05) is 5.48 Å². The molecule has 3 N–H and O–H groups in total. The summed E-state index contributed by atoms with van der Waals surface area (Å²) in [6, 6.07) is 3.29. The van der Waals surface area contributed by atoms with Crippen molar-refractivity contribution >= 4 is 0 Å². The summed E-state index contributed by atoms with van der Waals surface area (Å²) >= 11 is 0. The second-order valence-electron chi connectivity index (χ2n) is 2.79. The van der Waals surface area contributed by atoms with E-state index in [1.54, 1.807) is 26.2 Å². The fraction of sp³-hybridized carbons (Fsp3) is 0.333. The Hall–Kier alpha value is -1.26. The van der Waals surface area contributed by atoms with Crippen LogP contribution in [0.3, 0.4) is 0 Å². The molecular weight excluding hydrogens is 170 g/mol. The average Bonchev–Trinajstić information content (AvgIpc) is 2.11. The van der Waals surface area contributed by atoms with Crippen molar-refractivity contribution in [2.75, 3.05) is 7.11 Å². The summed E-state index contributed by atoms with van der Waals surface area (Å²) in [4.78, 5) is 0. The molecule has 0 fully saturated rings. The summed E-state index contributed by atoms with van der Waals surface area (Å²) in [5.74, 6) is 0.850. The lowest BCUT2D eigenvalue weighted by Gasteiger charge is -2.09. The molecule has 13 heavy (non-hydrogen) atoms. The zero-order valence-electron chi connectivity index (χ0n) is 7.66. The van der Waals surface area contributed by atoms with Crippen molar-refractivity contribution < 1.29 is 15.1 Å². The van der Waals surface area contributed by atoms with E-state index in [9.17, 15) is 5.11 Å². The van der Waals surface area contributed by atoms with Crippen LogP contribution in [0.1, 0.15) is 11.1 Å².